The number of hydrogen-bond donors (Lipinski definition) is 2. The molecule has 0 aliphatic carbocycles. The van der Waals surface area contributed by atoms with Crippen molar-refractivity contribution < 1.29 is 5.11 Å². The fourth-order valence-corrected chi connectivity index (χ4v) is 2.12. The second-order valence-corrected chi connectivity index (χ2v) is 6.17. The SMILES string of the molecule is Cn1nc(-c2cc(CC(C)(C)C)ccc2O)cc1N. The van der Waals surface area contributed by atoms with Crippen molar-refractivity contribution in [2.45, 2.75) is 27.2 Å². The van der Waals surface area contributed by atoms with Crippen molar-refractivity contribution in [3.8, 4) is 17.0 Å². The summed E-state index contributed by atoms with van der Waals surface area (Å²) in [5.41, 5.74) is 8.61. The standard InChI is InChI=1S/C15H21N3O/c1-15(2,3)9-10-5-6-13(19)11(7-10)12-8-14(16)18(4)17-12/h5-8,19H,9,16H2,1-4H3. The summed E-state index contributed by atoms with van der Waals surface area (Å²) >= 11 is 0. The van der Waals surface area contributed by atoms with Crippen molar-refractivity contribution in [1.82, 2.24) is 9.78 Å². The van der Waals surface area contributed by atoms with Crippen molar-refractivity contribution >= 4 is 5.82 Å². The third kappa shape index (κ3) is 3.08. The highest BCUT2D eigenvalue weighted by atomic mass is 16.3. The minimum atomic E-state index is 0.206. The van der Waals surface area contributed by atoms with Crippen LogP contribution in [-0.2, 0) is 13.5 Å². The van der Waals surface area contributed by atoms with Gasteiger partial charge in [0.1, 0.15) is 11.6 Å². The van der Waals surface area contributed by atoms with Gasteiger partial charge in [0.15, 0.2) is 0 Å². The van der Waals surface area contributed by atoms with E-state index in [1.165, 1.54) is 5.56 Å². The summed E-state index contributed by atoms with van der Waals surface area (Å²) in [7, 11) is 1.79. The first-order valence-electron chi connectivity index (χ1n) is 6.38. The molecular formula is C15H21N3O. The van der Waals surface area contributed by atoms with Gasteiger partial charge >= 0.3 is 0 Å². The van der Waals surface area contributed by atoms with Gasteiger partial charge in [0.25, 0.3) is 0 Å². The Balaban J connectivity index is 2.42. The Hall–Kier alpha value is -1.97. The topological polar surface area (TPSA) is 64.1 Å². The Labute approximate surface area is 113 Å². The highest BCUT2D eigenvalue weighted by molar-refractivity contribution is 5.69. The lowest BCUT2D eigenvalue weighted by atomic mass is 9.87. The molecule has 102 valence electrons. The molecule has 2 rings (SSSR count). The zero-order valence-electron chi connectivity index (χ0n) is 11.9. The molecular weight excluding hydrogens is 238 g/mol. The highest BCUT2D eigenvalue weighted by Gasteiger charge is 2.15. The van der Waals surface area contributed by atoms with E-state index in [1.54, 1.807) is 23.9 Å². The van der Waals surface area contributed by atoms with E-state index in [4.69, 9.17) is 5.73 Å². The van der Waals surface area contributed by atoms with E-state index >= 15 is 0 Å². The molecule has 2 aromatic rings. The lowest BCUT2D eigenvalue weighted by Crippen LogP contribution is -2.09. The average molecular weight is 259 g/mol. The average Bonchev–Trinajstić information content (AvgIpc) is 2.60. The highest BCUT2D eigenvalue weighted by Crippen LogP contribution is 2.32. The maximum atomic E-state index is 10.00. The molecule has 0 amide bonds. The van der Waals surface area contributed by atoms with Gasteiger partial charge in [-0.3, -0.25) is 4.68 Å². The van der Waals surface area contributed by atoms with Crippen LogP contribution in [0.1, 0.15) is 26.3 Å². The van der Waals surface area contributed by atoms with Crippen LogP contribution in [-0.4, -0.2) is 14.9 Å². The van der Waals surface area contributed by atoms with E-state index in [-0.39, 0.29) is 11.2 Å². The van der Waals surface area contributed by atoms with Gasteiger partial charge in [0.2, 0.25) is 0 Å². The summed E-state index contributed by atoms with van der Waals surface area (Å²) in [6, 6.07) is 7.44. The van der Waals surface area contributed by atoms with E-state index in [0.717, 1.165) is 12.0 Å². The largest absolute Gasteiger partial charge is 0.507 e. The molecule has 0 fully saturated rings. The van der Waals surface area contributed by atoms with Gasteiger partial charge < -0.3 is 10.8 Å². The van der Waals surface area contributed by atoms with Gasteiger partial charge in [-0.2, -0.15) is 5.10 Å². The van der Waals surface area contributed by atoms with Crippen LogP contribution in [0.3, 0.4) is 0 Å². The van der Waals surface area contributed by atoms with Crippen LogP contribution in [0.2, 0.25) is 0 Å². The summed E-state index contributed by atoms with van der Waals surface area (Å²) in [4.78, 5) is 0. The van der Waals surface area contributed by atoms with Gasteiger partial charge in [0, 0.05) is 18.7 Å². The van der Waals surface area contributed by atoms with Crippen LogP contribution in [0.5, 0.6) is 5.75 Å². The lowest BCUT2D eigenvalue weighted by molar-refractivity contribution is 0.410. The molecule has 0 aliphatic rings. The monoisotopic (exact) mass is 259 g/mol. The first kappa shape index (κ1) is 13.5. The molecule has 4 heteroatoms. The van der Waals surface area contributed by atoms with E-state index in [1.807, 2.05) is 12.1 Å². The van der Waals surface area contributed by atoms with Gasteiger partial charge in [-0.15, -0.1) is 0 Å². The molecule has 0 aliphatic heterocycles. The van der Waals surface area contributed by atoms with Crippen molar-refractivity contribution in [2.24, 2.45) is 12.5 Å². The predicted octanol–water partition coefficient (Wildman–Crippen LogP) is 2.96. The molecule has 0 bridgehead atoms. The minimum Gasteiger partial charge on any atom is -0.507 e. The van der Waals surface area contributed by atoms with E-state index < -0.39 is 0 Å². The fraction of sp³-hybridized carbons (Fsp3) is 0.400. The molecule has 3 N–H and O–H groups in total. The minimum absolute atomic E-state index is 0.206. The van der Waals surface area contributed by atoms with Crippen molar-refractivity contribution in [2.75, 3.05) is 5.73 Å². The predicted molar refractivity (Wildman–Crippen MR) is 77.9 cm³/mol. The number of aromatic nitrogens is 2. The molecule has 0 radical (unpaired) electrons. The van der Waals surface area contributed by atoms with Crippen LogP contribution in [0.15, 0.2) is 24.3 Å². The number of rotatable bonds is 2. The first-order chi connectivity index (χ1) is 8.76. The number of phenols is 1. The quantitative estimate of drug-likeness (QED) is 0.871. The van der Waals surface area contributed by atoms with Crippen LogP contribution >= 0.6 is 0 Å². The maximum absolute atomic E-state index is 10.00. The number of aryl methyl sites for hydroxylation is 1. The van der Waals surface area contributed by atoms with Crippen LogP contribution in [0, 0.1) is 5.41 Å². The third-order valence-corrected chi connectivity index (χ3v) is 2.99. The lowest BCUT2D eigenvalue weighted by Gasteiger charge is -2.18. The Bertz CT molecular complexity index is 574. The number of nitrogens with two attached hydrogens (primary N) is 1. The molecule has 0 saturated heterocycles. The molecule has 0 saturated carbocycles. The van der Waals surface area contributed by atoms with Crippen LogP contribution < -0.4 is 5.73 Å². The zero-order valence-corrected chi connectivity index (χ0v) is 11.9. The second kappa shape index (κ2) is 4.61. The normalized spacial score (nSPS) is 11.8. The van der Waals surface area contributed by atoms with Gasteiger partial charge in [-0.1, -0.05) is 26.8 Å². The van der Waals surface area contributed by atoms with E-state index in [2.05, 4.69) is 25.9 Å². The van der Waals surface area contributed by atoms with Crippen molar-refractivity contribution in [3.63, 3.8) is 0 Å². The summed E-state index contributed by atoms with van der Waals surface area (Å²) in [6.07, 6.45) is 0.947. The number of nitrogens with zero attached hydrogens (tertiary/aromatic N) is 2. The van der Waals surface area contributed by atoms with Crippen LogP contribution in [0.4, 0.5) is 5.82 Å². The van der Waals surface area contributed by atoms with Crippen LogP contribution in [0.25, 0.3) is 11.3 Å². The van der Waals surface area contributed by atoms with Gasteiger partial charge in [0.05, 0.1) is 5.69 Å². The third-order valence-electron chi connectivity index (χ3n) is 2.99. The Kier molecular flexibility index (Phi) is 3.27. The van der Waals surface area contributed by atoms with Crippen molar-refractivity contribution in [3.05, 3.63) is 29.8 Å². The zero-order chi connectivity index (χ0) is 14.2. The molecule has 1 aromatic carbocycles. The smallest absolute Gasteiger partial charge is 0.125 e. The molecule has 0 atom stereocenters. The number of aromatic hydroxyl groups is 1. The molecule has 4 nitrogen and oxygen atoms in total. The number of nitrogen functional groups attached to an aromatic ring is 1. The number of phenolic OH excluding ortho intramolecular Hbond substituents is 1. The Morgan fingerprint density at radius 1 is 1.26 bits per heavy atom. The molecule has 0 unspecified atom stereocenters. The second-order valence-electron chi connectivity index (χ2n) is 6.17. The first-order valence-corrected chi connectivity index (χ1v) is 6.38. The summed E-state index contributed by atoms with van der Waals surface area (Å²) in [6.45, 7) is 6.58. The van der Waals surface area contributed by atoms with Gasteiger partial charge in [-0.25, -0.2) is 0 Å². The van der Waals surface area contributed by atoms with Gasteiger partial charge in [-0.05, 0) is 29.5 Å². The van der Waals surface area contributed by atoms with E-state index in [0.29, 0.717) is 11.5 Å². The molecule has 1 heterocycles. The molecule has 0 spiro atoms. The maximum Gasteiger partial charge on any atom is 0.125 e. The fourth-order valence-electron chi connectivity index (χ4n) is 2.12. The Morgan fingerprint density at radius 2 is 1.95 bits per heavy atom. The van der Waals surface area contributed by atoms with Crippen molar-refractivity contribution in [1.29, 1.82) is 0 Å². The Morgan fingerprint density at radius 3 is 2.47 bits per heavy atom. The molecule has 19 heavy (non-hydrogen) atoms. The van der Waals surface area contributed by atoms with E-state index in [9.17, 15) is 5.11 Å². The summed E-state index contributed by atoms with van der Waals surface area (Å²) < 4.78 is 1.60. The number of hydrogen-bond acceptors (Lipinski definition) is 3. The summed E-state index contributed by atoms with van der Waals surface area (Å²) in [5.74, 6) is 0.811. The summed E-state index contributed by atoms with van der Waals surface area (Å²) in [5, 5.41) is 14.3. The number of anilines is 1. The molecule has 1 aromatic heterocycles. The number of benzene rings is 1.